The summed E-state index contributed by atoms with van der Waals surface area (Å²) in [7, 11) is 0. The molecule has 160 valence electrons. The second kappa shape index (κ2) is 8.59. The predicted octanol–water partition coefficient (Wildman–Crippen LogP) is 2.50. The van der Waals surface area contributed by atoms with Crippen molar-refractivity contribution in [3.63, 3.8) is 0 Å². The molecule has 7 nitrogen and oxygen atoms in total. The number of likely N-dealkylation sites (tertiary alicyclic amines) is 1. The van der Waals surface area contributed by atoms with Gasteiger partial charge < -0.3 is 0 Å². The van der Waals surface area contributed by atoms with E-state index in [0.29, 0.717) is 13.1 Å². The molecule has 0 bridgehead atoms. The molecule has 1 saturated heterocycles. The maximum absolute atomic E-state index is 12.0. The normalized spacial score (nSPS) is 15.8. The average Bonchev–Trinajstić information content (AvgIpc) is 3.46. The van der Waals surface area contributed by atoms with Crippen LogP contribution in [0.4, 0.5) is 0 Å². The van der Waals surface area contributed by atoms with Crippen LogP contribution < -0.4 is 9.22 Å². The van der Waals surface area contributed by atoms with E-state index in [9.17, 15) is 4.79 Å². The number of hydrogen-bond donors (Lipinski definition) is 0. The fourth-order valence-corrected chi connectivity index (χ4v) is 4.73. The molecule has 1 aliphatic rings. The van der Waals surface area contributed by atoms with Crippen LogP contribution in [-0.2, 0) is 4.79 Å². The first-order valence-corrected chi connectivity index (χ1v) is 11.6. The molecular formula is C24H22AsN5O2. The number of fused-ring (bicyclic) bond motifs is 1. The van der Waals surface area contributed by atoms with Crippen LogP contribution in [-0.4, -0.2) is 60.5 Å². The number of carbonyl (C=O) groups excluding carboxylic acids is 1. The molecule has 2 atom stereocenters. The van der Waals surface area contributed by atoms with Gasteiger partial charge in [0.1, 0.15) is 0 Å². The van der Waals surface area contributed by atoms with Crippen molar-refractivity contribution in [1.29, 1.82) is 0 Å². The van der Waals surface area contributed by atoms with Crippen molar-refractivity contribution in [3.05, 3.63) is 73.6 Å². The Bertz CT molecular complexity index is 1290. The summed E-state index contributed by atoms with van der Waals surface area (Å²) in [5.74, 6) is 1.50. The van der Waals surface area contributed by atoms with Crippen LogP contribution in [0.2, 0.25) is 0 Å². The molecule has 0 radical (unpaired) electrons. The van der Waals surface area contributed by atoms with Crippen molar-refractivity contribution in [2.75, 3.05) is 13.1 Å². The predicted molar refractivity (Wildman–Crippen MR) is 126 cm³/mol. The van der Waals surface area contributed by atoms with Crippen molar-refractivity contribution < 1.29 is 9.53 Å². The Morgan fingerprint density at radius 3 is 2.59 bits per heavy atom. The quantitative estimate of drug-likeness (QED) is 0.320. The van der Waals surface area contributed by atoms with E-state index in [4.69, 9.17) is 9.84 Å². The number of ether oxygens (including phenoxy) is 1. The summed E-state index contributed by atoms with van der Waals surface area (Å²) < 4.78 is 8.81. The van der Waals surface area contributed by atoms with Crippen LogP contribution in [0.25, 0.3) is 22.3 Å². The molecule has 1 aliphatic heterocycles. The van der Waals surface area contributed by atoms with Crippen LogP contribution in [0.1, 0.15) is 12.5 Å². The molecule has 0 N–H and O–H groups in total. The number of nitrogens with zero attached hydrogens (tertiary/aromatic N) is 5. The van der Waals surface area contributed by atoms with Gasteiger partial charge in [-0.25, -0.2) is 0 Å². The molecule has 3 heterocycles. The topological polar surface area (TPSA) is 73.1 Å². The van der Waals surface area contributed by atoms with Gasteiger partial charge in [-0.2, -0.15) is 0 Å². The van der Waals surface area contributed by atoms with E-state index < -0.39 is 0 Å². The first-order chi connectivity index (χ1) is 15.6. The standard InChI is InChI=1S/C24H22AsN5O2/c1-2-20(31)29-13-12-17(14-29)30-24-21(23(25)26-15-27-24)22(28-30)16-8-10-19(11-9-16)32-18-6-4-3-5-7-18/h2-11,15,17H,1,12-14,25H2. The summed E-state index contributed by atoms with van der Waals surface area (Å²) in [6, 6.07) is 17.7. The zero-order valence-corrected chi connectivity index (χ0v) is 19.8. The van der Waals surface area contributed by atoms with Crippen molar-refractivity contribution in [2.24, 2.45) is 0 Å². The molecule has 32 heavy (non-hydrogen) atoms. The molecule has 2 unspecified atom stereocenters. The summed E-state index contributed by atoms with van der Waals surface area (Å²) in [6.45, 7) is 4.88. The van der Waals surface area contributed by atoms with Crippen LogP contribution >= 0.6 is 0 Å². The fourth-order valence-electron chi connectivity index (χ4n) is 4.03. The fraction of sp³-hybridized carbons (Fsp3) is 0.167. The minimum atomic E-state index is -0.0488. The molecule has 4 aromatic rings. The minimum absolute atomic E-state index is 0.0488. The van der Waals surface area contributed by atoms with Gasteiger partial charge in [0, 0.05) is 0 Å². The van der Waals surface area contributed by atoms with Gasteiger partial charge >= 0.3 is 194 Å². The number of hydrogen-bond acceptors (Lipinski definition) is 5. The Morgan fingerprint density at radius 2 is 1.84 bits per heavy atom. The number of rotatable bonds is 5. The summed E-state index contributed by atoms with van der Waals surface area (Å²) in [5.41, 5.74) is 2.62. The maximum atomic E-state index is 12.0. The third kappa shape index (κ3) is 3.80. The zero-order valence-electron chi connectivity index (χ0n) is 17.4. The van der Waals surface area contributed by atoms with E-state index in [2.05, 4.69) is 16.5 Å². The third-order valence-electron chi connectivity index (χ3n) is 5.62. The molecule has 8 heteroatoms. The number of benzene rings is 2. The van der Waals surface area contributed by atoms with E-state index in [0.717, 1.165) is 44.7 Å². The van der Waals surface area contributed by atoms with Crippen LogP contribution in [0, 0.1) is 0 Å². The van der Waals surface area contributed by atoms with Gasteiger partial charge in [-0.05, 0) is 0 Å². The van der Waals surface area contributed by atoms with Gasteiger partial charge in [0.2, 0.25) is 0 Å². The van der Waals surface area contributed by atoms with E-state index in [1.54, 1.807) is 11.2 Å². The number of amides is 1. The second-order valence-corrected chi connectivity index (χ2v) is 8.77. The summed E-state index contributed by atoms with van der Waals surface area (Å²) in [6.07, 6.45) is 3.77. The Kier molecular flexibility index (Phi) is 5.50. The van der Waals surface area contributed by atoms with Crippen molar-refractivity contribution in [2.45, 2.75) is 12.5 Å². The Morgan fingerprint density at radius 1 is 1.09 bits per heavy atom. The van der Waals surface area contributed by atoms with Gasteiger partial charge in [-0.15, -0.1) is 0 Å². The van der Waals surface area contributed by atoms with E-state index in [1.807, 2.05) is 59.3 Å². The number of carbonyl (C=O) groups is 1. The summed E-state index contributed by atoms with van der Waals surface area (Å²) >= 11 is 1.43. The molecule has 1 fully saturated rings. The van der Waals surface area contributed by atoms with Crippen LogP contribution in [0.5, 0.6) is 11.5 Å². The second-order valence-electron chi connectivity index (χ2n) is 7.62. The number of para-hydroxylation sites is 1. The van der Waals surface area contributed by atoms with Crippen LogP contribution in [0.15, 0.2) is 73.6 Å². The monoisotopic (exact) mass is 487 g/mol. The first kappa shape index (κ1) is 20.5. The van der Waals surface area contributed by atoms with Gasteiger partial charge in [0.05, 0.1) is 0 Å². The van der Waals surface area contributed by atoms with Crippen molar-refractivity contribution in [3.8, 4) is 22.8 Å². The average molecular weight is 487 g/mol. The molecule has 1 amide bonds. The number of aromatic nitrogens is 4. The molecule has 0 saturated carbocycles. The van der Waals surface area contributed by atoms with Gasteiger partial charge in [0.15, 0.2) is 0 Å². The molecule has 0 aliphatic carbocycles. The van der Waals surface area contributed by atoms with Gasteiger partial charge in [-0.1, -0.05) is 0 Å². The summed E-state index contributed by atoms with van der Waals surface area (Å²) in [4.78, 5) is 22.8. The molecule has 5 rings (SSSR count). The summed E-state index contributed by atoms with van der Waals surface area (Å²) in [5, 5.41) is 5.91. The zero-order chi connectivity index (χ0) is 22.1. The Labute approximate surface area is 194 Å². The molecule has 2 aromatic heterocycles. The Hall–Kier alpha value is -3.44. The Balaban J connectivity index is 1.49. The SMILES string of the molecule is C=CC(=O)N1CCC(n2nc(-c3ccc(Oc4ccccc4)cc3)c3c([AsH2])ncnc32)C1. The van der Waals surface area contributed by atoms with E-state index in [-0.39, 0.29) is 11.9 Å². The molecular weight excluding hydrogens is 465 g/mol. The molecule has 2 aromatic carbocycles. The van der Waals surface area contributed by atoms with Crippen molar-refractivity contribution >= 4 is 38.3 Å². The third-order valence-corrected chi connectivity index (χ3v) is 6.54. The van der Waals surface area contributed by atoms with E-state index >= 15 is 0 Å². The van der Waals surface area contributed by atoms with E-state index in [1.165, 1.54) is 22.9 Å². The first-order valence-electron chi connectivity index (χ1n) is 10.4. The van der Waals surface area contributed by atoms with Gasteiger partial charge in [-0.3, -0.25) is 0 Å². The molecule has 0 spiro atoms. The van der Waals surface area contributed by atoms with Crippen molar-refractivity contribution in [1.82, 2.24) is 24.6 Å². The van der Waals surface area contributed by atoms with Gasteiger partial charge in [0.25, 0.3) is 0 Å². The van der Waals surface area contributed by atoms with Crippen LogP contribution in [0.3, 0.4) is 0 Å².